The van der Waals surface area contributed by atoms with Crippen LogP contribution in [0.2, 0.25) is 0 Å². The smallest absolute Gasteiger partial charge is 0.407 e. The van der Waals surface area contributed by atoms with E-state index in [1.54, 1.807) is 19.1 Å². The van der Waals surface area contributed by atoms with Crippen molar-refractivity contribution in [1.29, 1.82) is 0 Å². The highest BCUT2D eigenvalue weighted by atomic mass is 16.7. The standard InChI is InChI=1S/C21H29NO6/c1-12-16(10-11-17-18(12)26-13(2)25-17)19(23)27-15-8-6-14(7-9-15)22-20(24)28-21(3,4)5/h10-11,13-15H,6-9H2,1-5H3,(H,22,24)/t13?,14-,15-. The molecule has 154 valence electrons. The molecule has 1 amide bonds. The predicted octanol–water partition coefficient (Wildman–Crippen LogP) is 4.10. The third-order valence-corrected chi connectivity index (χ3v) is 4.84. The van der Waals surface area contributed by atoms with E-state index in [-0.39, 0.29) is 24.4 Å². The summed E-state index contributed by atoms with van der Waals surface area (Å²) < 4.78 is 22.1. The van der Waals surface area contributed by atoms with Crippen molar-refractivity contribution in [2.75, 3.05) is 0 Å². The molecule has 1 atom stereocenters. The second kappa shape index (κ2) is 7.89. The lowest BCUT2D eigenvalue weighted by atomic mass is 9.93. The van der Waals surface area contributed by atoms with Gasteiger partial charge in [-0.3, -0.25) is 0 Å². The molecule has 1 heterocycles. The van der Waals surface area contributed by atoms with E-state index in [9.17, 15) is 9.59 Å². The third kappa shape index (κ3) is 4.88. The van der Waals surface area contributed by atoms with Crippen LogP contribution in [0.3, 0.4) is 0 Å². The number of fused-ring (bicyclic) bond motifs is 1. The van der Waals surface area contributed by atoms with E-state index in [0.717, 1.165) is 18.4 Å². The van der Waals surface area contributed by atoms with Crippen LogP contribution in [0.5, 0.6) is 11.5 Å². The molecular formula is C21H29NO6. The summed E-state index contributed by atoms with van der Waals surface area (Å²) in [7, 11) is 0. The number of rotatable bonds is 3. The molecule has 1 aliphatic carbocycles. The quantitative estimate of drug-likeness (QED) is 0.781. The van der Waals surface area contributed by atoms with Crippen LogP contribution in [0, 0.1) is 6.92 Å². The lowest BCUT2D eigenvalue weighted by Gasteiger charge is -2.30. The van der Waals surface area contributed by atoms with Crippen LogP contribution in [0.15, 0.2) is 12.1 Å². The summed E-state index contributed by atoms with van der Waals surface area (Å²) >= 11 is 0. The topological polar surface area (TPSA) is 83.1 Å². The van der Waals surface area contributed by atoms with Crippen molar-refractivity contribution >= 4 is 12.1 Å². The maximum atomic E-state index is 12.6. The fraction of sp³-hybridized carbons (Fsp3) is 0.619. The first-order valence-electron chi connectivity index (χ1n) is 9.80. The molecule has 1 N–H and O–H groups in total. The van der Waals surface area contributed by atoms with Crippen LogP contribution in [0.4, 0.5) is 4.79 Å². The van der Waals surface area contributed by atoms with Gasteiger partial charge in [-0.2, -0.15) is 0 Å². The summed E-state index contributed by atoms with van der Waals surface area (Å²) in [6.07, 6.45) is 1.97. The van der Waals surface area contributed by atoms with Crippen molar-refractivity contribution < 1.29 is 28.5 Å². The molecule has 0 radical (unpaired) electrons. The molecule has 0 bridgehead atoms. The zero-order valence-electron chi connectivity index (χ0n) is 17.2. The van der Waals surface area contributed by atoms with Crippen LogP contribution in [0.25, 0.3) is 0 Å². The van der Waals surface area contributed by atoms with Crippen molar-refractivity contribution in [3.63, 3.8) is 0 Å². The molecule has 2 aliphatic rings. The maximum Gasteiger partial charge on any atom is 0.407 e. The number of nitrogens with one attached hydrogen (secondary N) is 1. The molecule has 0 spiro atoms. The number of carbonyl (C=O) groups is 2. The highest BCUT2D eigenvalue weighted by Gasteiger charge is 2.29. The van der Waals surface area contributed by atoms with E-state index in [0.29, 0.717) is 29.9 Å². The van der Waals surface area contributed by atoms with Crippen LogP contribution in [-0.4, -0.2) is 36.1 Å². The number of alkyl carbamates (subject to hydrolysis) is 1. The lowest BCUT2D eigenvalue weighted by Crippen LogP contribution is -2.42. The van der Waals surface area contributed by atoms with Gasteiger partial charge in [-0.1, -0.05) is 0 Å². The van der Waals surface area contributed by atoms with Gasteiger partial charge in [0.1, 0.15) is 11.7 Å². The van der Waals surface area contributed by atoms with Gasteiger partial charge < -0.3 is 24.3 Å². The van der Waals surface area contributed by atoms with Gasteiger partial charge in [0.25, 0.3) is 0 Å². The Morgan fingerprint density at radius 3 is 2.43 bits per heavy atom. The van der Waals surface area contributed by atoms with Crippen LogP contribution in [0.1, 0.15) is 69.3 Å². The summed E-state index contributed by atoms with van der Waals surface area (Å²) in [4.78, 5) is 24.5. The fourth-order valence-corrected chi connectivity index (χ4v) is 3.51. The number of carbonyl (C=O) groups excluding carboxylic acids is 2. The SMILES string of the molecule is Cc1c(C(=O)O[C@H]2CC[C@H](NC(=O)OC(C)(C)C)CC2)ccc2c1OC(C)O2. The maximum absolute atomic E-state index is 12.6. The number of amides is 1. The first-order valence-corrected chi connectivity index (χ1v) is 9.80. The highest BCUT2D eigenvalue weighted by molar-refractivity contribution is 5.92. The molecule has 7 heteroatoms. The van der Waals surface area contributed by atoms with Crippen molar-refractivity contribution in [3.05, 3.63) is 23.3 Å². The number of hydrogen-bond acceptors (Lipinski definition) is 6. The van der Waals surface area contributed by atoms with Gasteiger partial charge in [0.05, 0.1) is 5.56 Å². The number of esters is 1. The first-order chi connectivity index (χ1) is 13.1. The normalized spacial score (nSPS) is 23.8. The van der Waals surface area contributed by atoms with Crippen molar-refractivity contribution in [3.8, 4) is 11.5 Å². The van der Waals surface area contributed by atoms with Gasteiger partial charge in [-0.15, -0.1) is 0 Å². The average Bonchev–Trinajstić information content (AvgIpc) is 2.96. The summed E-state index contributed by atoms with van der Waals surface area (Å²) in [5.74, 6) is 0.898. The van der Waals surface area contributed by atoms with Crippen LogP contribution < -0.4 is 14.8 Å². The lowest BCUT2D eigenvalue weighted by molar-refractivity contribution is 0.0160. The Hall–Kier alpha value is -2.44. The zero-order valence-corrected chi connectivity index (χ0v) is 17.2. The largest absolute Gasteiger partial charge is 0.459 e. The fourth-order valence-electron chi connectivity index (χ4n) is 3.51. The molecule has 1 fully saturated rings. The van der Waals surface area contributed by atoms with Gasteiger partial charge in [-0.05, 0) is 65.5 Å². The Morgan fingerprint density at radius 2 is 1.79 bits per heavy atom. The molecule has 1 aromatic carbocycles. The Morgan fingerprint density at radius 1 is 1.11 bits per heavy atom. The second-order valence-corrected chi connectivity index (χ2v) is 8.39. The zero-order chi connectivity index (χ0) is 20.5. The Balaban J connectivity index is 1.51. The monoisotopic (exact) mass is 391 g/mol. The Bertz CT molecular complexity index is 746. The molecule has 7 nitrogen and oxygen atoms in total. The summed E-state index contributed by atoms with van der Waals surface area (Å²) in [6.45, 7) is 9.14. The molecule has 3 rings (SSSR count). The summed E-state index contributed by atoms with van der Waals surface area (Å²) in [5.41, 5.74) is 0.703. The number of ether oxygens (including phenoxy) is 4. The first kappa shape index (κ1) is 20.3. The van der Waals surface area contributed by atoms with Crippen molar-refractivity contribution in [2.24, 2.45) is 0 Å². The minimum atomic E-state index is -0.517. The minimum absolute atomic E-state index is 0.0403. The highest BCUT2D eigenvalue weighted by Crippen LogP contribution is 2.39. The molecular weight excluding hydrogens is 362 g/mol. The van der Waals surface area contributed by atoms with Gasteiger partial charge in [-0.25, -0.2) is 9.59 Å². The Labute approximate surface area is 165 Å². The Kier molecular flexibility index (Phi) is 5.72. The minimum Gasteiger partial charge on any atom is -0.459 e. The molecule has 0 aromatic heterocycles. The molecule has 1 aromatic rings. The van der Waals surface area contributed by atoms with Gasteiger partial charge in [0.15, 0.2) is 11.5 Å². The molecule has 1 unspecified atom stereocenters. The van der Waals surface area contributed by atoms with Crippen molar-refractivity contribution in [1.82, 2.24) is 5.32 Å². The van der Waals surface area contributed by atoms with E-state index in [1.165, 1.54) is 0 Å². The number of hydrogen-bond donors (Lipinski definition) is 1. The summed E-state index contributed by atoms with van der Waals surface area (Å²) in [5, 5.41) is 2.89. The molecule has 1 aliphatic heterocycles. The summed E-state index contributed by atoms with van der Waals surface area (Å²) in [6, 6.07) is 3.50. The second-order valence-electron chi connectivity index (χ2n) is 8.39. The van der Waals surface area contributed by atoms with Gasteiger partial charge in [0, 0.05) is 18.5 Å². The molecule has 1 saturated carbocycles. The van der Waals surface area contributed by atoms with Crippen LogP contribution >= 0.6 is 0 Å². The third-order valence-electron chi connectivity index (χ3n) is 4.84. The van der Waals surface area contributed by atoms with E-state index in [1.807, 2.05) is 27.7 Å². The van der Waals surface area contributed by atoms with Crippen LogP contribution in [-0.2, 0) is 9.47 Å². The van der Waals surface area contributed by atoms with Gasteiger partial charge in [0.2, 0.25) is 6.29 Å². The van der Waals surface area contributed by atoms with E-state index < -0.39 is 11.7 Å². The van der Waals surface area contributed by atoms with E-state index >= 15 is 0 Å². The number of benzene rings is 1. The van der Waals surface area contributed by atoms with Crippen molar-refractivity contribution in [2.45, 2.75) is 84.3 Å². The predicted molar refractivity (Wildman–Crippen MR) is 103 cm³/mol. The molecule has 28 heavy (non-hydrogen) atoms. The van der Waals surface area contributed by atoms with Gasteiger partial charge >= 0.3 is 12.1 Å². The van der Waals surface area contributed by atoms with E-state index in [4.69, 9.17) is 18.9 Å². The molecule has 0 saturated heterocycles. The van der Waals surface area contributed by atoms with E-state index in [2.05, 4.69) is 5.32 Å². The average molecular weight is 391 g/mol.